The molecular weight excluding hydrogens is 190 g/mol. The van der Waals surface area contributed by atoms with Crippen LogP contribution in [0.3, 0.4) is 0 Å². The number of hydrogen-bond donors (Lipinski definition) is 2. The van der Waals surface area contributed by atoms with Gasteiger partial charge in [-0.25, -0.2) is 0 Å². The zero-order valence-electron chi connectivity index (χ0n) is 8.79. The van der Waals surface area contributed by atoms with Crippen LogP contribution in [0.2, 0.25) is 0 Å². The first-order chi connectivity index (χ1) is 7.16. The van der Waals surface area contributed by atoms with E-state index in [1.54, 1.807) is 6.92 Å². The van der Waals surface area contributed by atoms with E-state index in [-0.39, 0.29) is 5.92 Å². The van der Waals surface area contributed by atoms with Gasteiger partial charge in [-0.1, -0.05) is 19.1 Å². The van der Waals surface area contributed by atoms with Crippen LogP contribution in [0, 0.1) is 5.92 Å². The molecule has 3 nitrogen and oxygen atoms in total. The van der Waals surface area contributed by atoms with Crippen molar-refractivity contribution < 1.29 is 9.90 Å². The Morgan fingerprint density at radius 2 is 2.40 bits per heavy atom. The summed E-state index contributed by atoms with van der Waals surface area (Å²) >= 11 is 0. The number of carboxylic acid groups (broad SMARTS) is 1. The van der Waals surface area contributed by atoms with Crippen molar-refractivity contribution in [3.8, 4) is 0 Å². The third-order valence-electron chi connectivity index (χ3n) is 2.84. The first-order valence-corrected chi connectivity index (χ1v) is 5.25. The Kier molecular flexibility index (Phi) is 2.62. The predicted molar refractivity (Wildman–Crippen MR) is 59.1 cm³/mol. The highest BCUT2D eigenvalue weighted by atomic mass is 16.4. The van der Waals surface area contributed by atoms with Gasteiger partial charge < -0.3 is 10.4 Å². The Hall–Kier alpha value is -1.51. The number of carbonyl (C=O) groups is 1. The van der Waals surface area contributed by atoms with Crippen LogP contribution < -0.4 is 5.32 Å². The van der Waals surface area contributed by atoms with Crippen molar-refractivity contribution in [1.29, 1.82) is 0 Å². The molecule has 3 heteroatoms. The third-order valence-corrected chi connectivity index (χ3v) is 2.84. The molecule has 1 aliphatic heterocycles. The van der Waals surface area contributed by atoms with Gasteiger partial charge in [-0.2, -0.15) is 0 Å². The van der Waals surface area contributed by atoms with Crippen molar-refractivity contribution in [3.05, 3.63) is 29.3 Å². The monoisotopic (exact) mass is 205 g/mol. The molecule has 0 spiro atoms. The predicted octanol–water partition coefficient (Wildman–Crippen LogP) is 1.92. The fourth-order valence-electron chi connectivity index (χ4n) is 1.93. The largest absolute Gasteiger partial charge is 0.481 e. The van der Waals surface area contributed by atoms with E-state index < -0.39 is 5.97 Å². The van der Waals surface area contributed by atoms with Crippen LogP contribution in [0.4, 0.5) is 5.69 Å². The van der Waals surface area contributed by atoms with Gasteiger partial charge >= 0.3 is 5.97 Å². The lowest BCUT2D eigenvalue weighted by atomic mass is 9.99. The summed E-state index contributed by atoms with van der Waals surface area (Å²) in [5, 5.41) is 12.1. The highest BCUT2D eigenvalue weighted by Crippen LogP contribution is 2.24. The van der Waals surface area contributed by atoms with Crippen LogP contribution in [0.5, 0.6) is 0 Å². The van der Waals surface area contributed by atoms with Crippen LogP contribution in [-0.2, 0) is 17.6 Å². The second-order valence-electron chi connectivity index (χ2n) is 4.11. The molecule has 1 aromatic rings. The number of fused-ring (bicyclic) bond motifs is 1. The molecule has 1 aliphatic rings. The smallest absolute Gasteiger partial charge is 0.306 e. The maximum Gasteiger partial charge on any atom is 0.306 e. The van der Waals surface area contributed by atoms with Gasteiger partial charge in [0.1, 0.15) is 0 Å². The summed E-state index contributed by atoms with van der Waals surface area (Å²) in [7, 11) is 0. The molecule has 1 atom stereocenters. The molecule has 0 saturated carbocycles. The van der Waals surface area contributed by atoms with E-state index in [2.05, 4.69) is 11.4 Å². The molecular formula is C12H15NO2. The molecule has 15 heavy (non-hydrogen) atoms. The molecule has 80 valence electrons. The molecule has 0 aromatic heterocycles. The minimum absolute atomic E-state index is 0.308. The topological polar surface area (TPSA) is 49.3 Å². The van der Waals surface area contributed by atoms with Crippen molar-refractivity contribution in [1.82, 2.24) is 0 Å². The highest BCUT2D eigenvalue weighted by molar-refractivity contribution is 5.70. The van der Waals surface area contributed by atoms with Gasteiger partial charge in [-0.3, -0.25) is 4.79 Å². The molecule has 0 fully saturated rings. The molecule has 0 bridgehead atoms. The molecule has 0 aliphatic carbocycles. The molecule has 2 rings (SSSR count). The maximum atomic E-state index is 10.7. The van der Waals surface area contributed by atoms with E-state index in [1.165, 1.54) is 11.3 Å². The molecule has 2 N–H and O–H groups in total. The Morgan fingerprint density at radius 3 is 3.13 bits per heavy atom. The van der Waals surface area contributed by atoms with Crippen LogP contribution in [-0.4, -0.2) is 17.6 Å². The summed E-state index contributed by atoms with van der Waals surface area (Å²) < 4.78 is 0. The molecule has 1 aromatic carbocycles. The lowest BCUT2D eigenvalue weighted by Gasteiger charge is -2.07. The van der Waals surface area contributed by atoms with Gasteiger partial charge in [0.25, 0.3) is 0 Å². The molecule has 1 heterocycles. The van der Waals surface area contributed by atoms with Crippen LogP contribution >= 0.6 is 0 Å². The fraction of sp³-hybridized carbons (Fsp3) is 0.417. The summed E-state index contributed by atoms with van der Waals surface area (Å²) in [6.45, 7) is 2.74. The highest BCUT2D eigenvalue weighted by Gasteiger charge is 2.14. The van der Waals surface area contributed by atoms with E-state index >= 15 is 0 Å². The summed E-state index contributed by atoms with van der Waals surface area (Å²) in [6.07, 6.45) is 1.66. The van der Waals surface area contributed by atoms with Gasteiger partial charge in [0.2, 0.25) is 0 Å². The van der Waals surface area contributed by atoms with E-state index in [0.717, 1.165) is 18.5 Å². The number of benzene rings is 1. The third kappa shape index (κ3) is 2.12. The number of hydrogen-bond acceptors (Lipinski definition) is 2. The van der Waals surface area contributed by atoms with E-state index in [9.17, 15) is 4.79 Å². The Labute approximate surface area is 89.1 Å². The first kappa shape index (κ1) is 10.0. The minimum Gasteiger partial charge on any atom is -0.481 e. The standard InChI is InChI=1S/C12H15NO2/c1-8(12(14)15)6-9-2-3-11-10(7-9)4-5-13-11/h2-3,7-8,13H,4-6H2,1H3,(H,14,15). The van der Waals surface area contributed by atoms with Crippen molar-refractivity contribution in [2.24, 2.45) is 5.92 Å². The zero-order chi connectivity index (χ0) is 10.8. The van der Waals surface area contributed by atoms with E-state index in [4.69, 9.17) is 5.11 Å². The van der Waals surface area contributed by atoms with Gasteiger partial charge in [0, 0.05) is 12.2 Å². The number of anilines is 1. The van der Waals surface area contributed by atoms with Gasteiger partial charge in [-0.15, -0.1) is 0 Å². The normalized spacial score (nSPS) is 15.5. The van der Waals surface area contributed by atoms with E-state index in [1.807, 2.05) is 12.1 Å². The summed E-state index contributed by atoms with van der Waals surface area (Å²) in [5.74, 6) is -1.04. The summed E-state index contributed by atoms with van der Waals surface area (Å²) in [4.78, 5) is 10.7. The van der Waals surface area contributed by atoms with Gasteiger partial charge in [0.15, 0.2) is 0 Å². The lowest BCUT2D eigenvalue weighted by molar-refractivity contribution is -0.141. The number of carboxylic acids is 1. The summed E-state index contributed by atoms with van der Waals surface area (Å²) in [6, 6.07) is 6.18. The van der Waals surface area contributed by atoms with Crippen LogP contribution in [0.25, 0.3) is 0 Å². The van der Waals surface area contributed by atoms with Crippen LogP contribution in [0.15, 0.2) is 18.2 Å². The maximum absolute atomic E-state index is 10.7. The second kappa shape index (κ2) is 3.93. The minimum atomic E-state index is -0.728. The number of aliphatic carboxylic acids is 1. The zero-order valence-corrected chi connectivity index (χ0v) is 8.79. The molecule has 1 unspecified atom stereocenters. The average Bonchev–Trinajstić information content (AvgIpc) is 2.64. The second-order valence-corrected chi connectivity index (χ2v) is 4.11. The summed E-state index contributed by atoms with van der Waals surface area (Å²) in [5.41, 5.74) is 3.62. The van der Waals surface area contributed by atoms with Gasteiger partial charge in [0.05, 0.1) is 5.92 Å². The number of nitrogens with one attached hydrogen (secondary N) is 1. The Balaban J connectivity index is 2.13. The molecule has 0 saturated heterocycles. The SMILES string of the molecule is CC(Cc1ccc2c(c1)CCN2)C(=O)O. The van der Waals surface area contributed by atoms with Crippen molar-refractivity contribution in [2.45, 2.75) is 19.8 Å². The fourth-order valence-corrected chi connectivity index (χ4v) is 1.93. The van der Waals surface area contributed by atoms with Crippen LogP contribution in [0.1, 0.15) is 18.1 Å². The van der Waals surface area contributed by atoms with E-state index in [0.29, 0.717) is 6.42 Å². The quantitative estimate of drug-likeness (QED) is 0.792. The van der Waals surface area contributed by atoms with Crippen molar-refractivity contribution in [3.63, 3.8) is 0 Å². The number of rotatable bonds is 3. The lowest BCUT2D eigenvalue weighted by Crippen LogP contribution is -2.12. The molecule has 0 amide bonds. The van der Waals surface area contributed by atoms with Crippen molar-refractivity contribution >= 4 is 11.7 Å². The average molecular weight is 205 g/mol. The Bertz CT molecular complexity index is 387. The first-order valence-electron chi connectivity index (χ1n) is 5.25. The molecule has 0 radical (unpaired) electrons. The van der Waals surface area contributed by atoms with Crippen molar-refractivity contribution in [2.75, 3.05) is 11.9 Å². The Morgan fingerprint density at radius 1 is 1.60 bits per heavy atom. The van der Waals surface area contributed by atoms with Gasteiger partial charge in [-0.05, 0) is 30.0 Å².